The van der Waals surface area contributed by atoms with Crippen LogP contribution in [0.25, 0.3) is 22.2 Å². The number of hydrogen-bond donors (Lipinski definition) is 1. The van der Waals surface area contributed by atoms with Crippen LogP contribution in [0.5, 0.6) is 0 Å². The molecule has 4 nitrogen and oxygen atoms in total. The van der Waals surface area contributed by atoms with Crippen LogP contribution in [0.4, 0.5) is 17.6 Å². The predicted octanol–water partition coefficient (Wildman–Crippen LogP) is 4.13. The van der Waals surface area contributed by atoms with Gasteiger partial charge in [0.15, 0.2) is 11.6 Å². The second-order valence-corrected chi connectivity index (χ2v) is 6.18. The van der Waals surface area contributed by atoms with Gasteiger partial charge in [-0.05, 0) is 29.8 Å². The van der Waals surface area contributed by atoms with Gasteiger partial charge in [0, 0.05) is 30.3 Å². The second-order valence-electron chi connectivity index (χ2n) is 6.18. The van der Waals surface area contributed by atoms with Crippen molar-refractivity contribution in [3.05, 3.63) is 93.7 Å². The van der Waals surface area contributed by atoms with E-state index in [4.69, 9.17) is 0 Å². The molecule has 0 aliphatic rings. The minimum atomic E-state index is -1.12. The number of nitrogens with zero attached hydrogens (tertiary/aromatic N) is 2. The normalized spacial score (nSPS) is 11.1. The Morgan fingerprint density at radius 1 is 0.893 bits per heavy atom. The summed E-state index contributed by atoms with van der Waals surface area (Å²) in [4.78, 5) is 22.9. The van der Waals surface area contributed by atoms with E-state index in [9.17, 15) is 22.4 Å². The molecule has 0 atom stereocenters. The number of rotatable bonds is 3. The van der Waals surface area contributed by atoms with Crippen LogP contribution in [0.2, 0.25) is 0 Å². The van der Waals surface area contributed by atoms with Gasteiger partial charge < -0.3 is 4.98 Å². The average molecular weight is 385 g/mol. The zero-order valence-corrected chi connectivity index (χ0v) is 14.1. The van der Waals surface area contributed by atoms with E-state index in [1.54, 1.807) is 12.1 Å². The lowest BCUT2D eigenvalue weighted by Crippen LogP contribution is -2.13. The van der Waals surface area contributed by atoms with Crippen molar-refractivity contribution >= 4 is 10.9 Å². The molecule has 2 aromatic carbocycles. The van der Waals surface area contributed by atoms with E-state index in [2.05, 4.69) is 15.0 Å². The first-order valence-electron chi connectivity index (χ1n) is 8.18. The van der Waals surface area contributed by atoms with E-state index in [1.165, 1.54) is 18.3 Å². The van der Waals surface area contributed by atoms with Crippen molar-refractivity contribution in [1.29, 1.82) is 0 Å². The zero-order valence-electron chi connectivity index (χ0n) is 14.1. The maximum Gasteiger partial charge on any atom is 0.258 e. The molecule has 8 heteroatoms. The third-order valence-corrected chi connectivity index (χ3v) is 4.15. The van der Waals surface area contributed by atoms with Crippen LogP contribution in [0.1, 0.15) is 11.4 Å². The third-order valence-electron chi connectivity index (χ3n) is 4.15. The van der Waals surface area contributed by atoms with Crippen LogP contribution in [0.3, 0.4) is 0 Å². The van der Waals surface area contributed by atoms with Gasteiger partial charge in [-0.2, -0.15) is 0 Å². The Labute approximate surface area is 155 Å². The fourth-order valence-electron chi connectivity index (χ4n) is 2.86. The maximum atomic E-state index is 13.4. The summed E-state index contributed by atoms with van der Waals surface area (Å²) < 4.78 is 53.4. The quantitative estimate of drug-likeness (QED) is 0.540. The van der Waals surface area contributed by atoms with Crippen LogP contribution < -0.4 is 5.56 Å². The van der Waals surface area contributed by atoms with Gasteiger partial charge >= 0.3 is 0 Å². The van der Waals surface area contributed by atoms with Crippen molar-refractivity contribution in [1.82, 2.24) is 15.0 Å². The molecule has 0 saturated carbocycles. The summed E-state index contributed by atoms with van der Waals surface area (Å²) >= 11 is 0. The Hall–Kier alpha value is -3.55. The number of benzene rings is 2. The molecular formula is C20H11F4N3O. The van der Waals surface area contributed by atoms with Crippen molar-refractivity contribution in [2.45, 2.75) is 6.42 Å². The molecule has 0 bridgehead atoms. The standard InChI is InChI=1S/C20H11F4N3O/c21-12-4-11(5-13(22)6-12)17-2-1-10(9-25-17)3-19-26-18-8-16(24)15(23)7-14(18)20(28)27-19/h1-2,4-9H,3H2,(H,26,27,28). The lowest BCUT2D eigenvalue weighted by molar-refractivity contribution is 0.510. The molecule has 2 aromatic heterocycles. The molecule has 0 aliphatic carbocycles. The Balaban J connectivity index is 1.64. The first kappa shape index (κ1) is 17.8. The lowest BCUT2D eigenvalue weighted by Gasteiger charge is -2.06. The highest BCUT2D eigenvalue weighted by atomic mass is 19.2. The monoisotopic (exact) mass is 385 g/mol. The van der Waals surface area contributed by atoms with Crippen LogP contribution in [0.15, 0.2) is 53.5 Å². The second kappa shape index (κ2) is 6.88. The topological polar surface area (TPSA) is 58.6 Å². The van der Waals surface area contributed by atoms with Crippen molar-refractivity contribution in [2.24, 2.45) is 0 Å². The maximum absolute atomic E-state index is 13.4. The summed E-state index contributed by atoms with van der Waals surface area (Å²) in [7, 11) is 0. The van der Waals surface area contributed by atoms with Gasteiger partial charge in [0.1, 0.15) is 17.5 Å². The van der Waals surface area contributed by atoms with Crippen LogP contribution in [-0.2, 0) is 6.42 Å². The molecule has 0 spiro atoms. The summed E-state index contributed by atoms with van der Waals surface area (Å²) in [5, 5.41) is -0.0516. The number of halogens is 4. The molecule has 28 heavy (non-hydrogen) atoms. The van der Waals surface area contributed by atoms with Crippen molar-refractivity contribution in [2.75, 3.05) is 0 Å². The molecule has 0 saturated heterocycles. The molecule has 0 amide bonds. The van der Waals surface area contributed by atoms with Crippen LogP contribution in [-0.4, -0.2) is 15.0 Å². The molecule has 4 rings (SSSR count). The van der Waals surface area contributed by atoms with E-state index in [-0.39, 0.29) is 23.1 Å². The Bertz CT molecular complexity index is 1230. The molecule has 1 N–H and O–H groups in total. The Morgan fingerprint density at radius 2 is 1.61 bits per heavy atom. The van der Waals surface area contributed by atoms with Crippen LogP contribution >= 0.6 is 0 Å². The highest BCUT2D eigenvalue weighted by Crippen LogP contribution is 2.20. The Kier molecular flexibility index (Phi) is 4.38. The van der Waals surface area contributed by atoms with Gasteiger partial charge in [-0.1, -0.05) is 6.07 Å². The number of pyridine rings is 1. The third kappa shape index (κ3) is 3.48. The lowest BCUT2D eigenvalue weighted by atomic mass is 10.1. The molecule has 0 radical (unpaired) electrons. The number of H-pyrrole nitrogens is 1. The highest BCUT2D eigenvalue weighted by Gasteiger charge is 2.11. The Morgan fingerprint density at radius 3 is 2.29 bits per heavy atom. The zero-order chi connectivity index (χ0) is 19.8. The smallest absolute Gasteiger partial charge is 0.258 e. The van der Waals surface area contributed by atoms with E-state index >= 15 is 0 Å². The average Bonchev–Trinajstić information content (AvgIpc) is 2.63. The van der Waals surface area contributed by atoms with Crippen LogP contribution in [0, 0.1) is 23.3 Å². The van der Waals surface area contributed by atoms with Gasteiger partial charge in [-0.15, -0.1) is 0 Å². The van der Waals surface area contributed by atoms with Crippen molar-refractivity contribution < 1.29 is 17.6 Å². The minimum absolute atomic E-state index is 0.0393. The highest BCUT2D eigenvalue weighted by molar-refractivity contribution is 5.77. The van der Waals surface area contributed by atoms with Crippen molar-refractivity contribution in [3.8, 4) is 11.3 Å². The number of hydrogen-bond acceptors (Lipinski definition) is 3. The number of nitrogens with one attached hydrogen (secondary N) is 1. The van der Waals surface area contributed by atoms with Gasteiger partial charge in [0.05, 0.1) is 16.6 Å². The number of aromatic amines is 1. The molecule has 4 aromatic rings. The van der Waals surface area contributed by atoms with Gasteiger partial charge in [0.2, 0.25) is 0 Å². The summed E-state index contributed by atoms with van der Waals surface area (Å²) in [5.41, 5.74) is 0.778. The summed E-state index contributed by atoms with van der Waals surface area (Å²) in [5.74, 6) is -3.38. The first-order chi connectivity index (χ1) is 13.4. The largest absolute Gasteiger partial charge is 0.310 e. The van der Waals surface area contributed by atoms with Crippen molar-refractivity contribution in [3.63, 3.8) is 0 Å². The summed E-state index contributed by atoms with van der Waals surface area (Å²) in [6.45, 7) is 0. The number of aromatic nitrogens is 3. The van der Waals surface area contributed by atoms with E-state index in [1.807, 2.05) is 0 Å². The summed E-state index contributed by atoms with van der Waals surface area (Å²) in [6.07, 6.45) is 1.66. The fraction of sp³-hybridized carbons (Fsp3) is 0.0500. The van der Waals surface area contributed by atoms with Gasteiger partial charge in [-0.3, -0.25) is 9.78 Å². The van der Waals surface area contributed by atoms with E-state index in [0.29, 0.717) is 16.8 Å². The number of fused-ring (bicyclic) bond motifs is 1. The van der Waals surface area contributed by atoms with E-state index < -0.39 is 28.8 Å². The molecular weight excluding hydrogens is 374 g/mol. The fourth-order valence-corrected chi connectivity index (χ4v) is 2.86. The molecule has 0 fully saturated rings. The van der Waals surface area contributed by atoms with Gasteiger partial charge in [0.25, 0.3) is 5.56 Å². The molecule has 0 aliphatic heterocycles. The van der Waals surface area contributed by atoms with E-state index in [0.717, 1.165) is 18.2 Å². The molecule has 140 valence electrons. The van der Waals surface area contributed by atoms with Gasteiger partial charge in [-0.25, -0.2) is 22.5 Å². The molecule has 0 unspecified atom stereocenters. The first-order valence-corrected chi connectivity index (χ1v) is 8.18. The summed E-state index contributed by atoms with van der Waals surface area (Å²) in [6, 6.07) is 8.02. The predicted molar refractivity (Wildman–Crippen MR) is 94.7 cm³/mol. The SMILES string of the molecule is O=c1[nH]c(Cc2ccc(-c3cc(F)cc(F)c3)nc2)nc2cc(F)c(F)cc12. The minimum Gasteiger partial charge on any atom is -0.310 e. The molecule has 2 heterocycles.